The summed E-state index contributed by atoms with van der Waals surface area (Å²) in [6.07, 6.45) is 1.86. The molecular weight excluding hydrogens is 338 g/mol. The topological polar surface area (TPSA) is 49.8 Å². The molecule has 0 atom stereocenters. The van der Waals surface area contributed by atoms with Crippen molar-refractivity contribution in [3.05, 3.63) is 42.6 Å². The zero-order chi connectivity index (χ0) is 17.8. The van der Waals surface area contributed by atoms with Crippen LogP contribution in [0, 0.1) is 0 Å². The molecule has 6 heteroatoms. The third-order valence-corrected chi connectivity index (χ3v) is 4.75. The minimum Gasteiger partial charge on any atom is -0.497 e. The van der Waals surface area contributed by atoms with E-state index in [4.69, 9.17) is 18.9 Å². The van der Waals surface area contributed by atoms with E-state index in [0.29, 0.717) is 17.2 Å². The van der Waals surface area contributed by atoms with Crippen LogP contribution in [0.25, 0.3) is 21.6 Å². The minimum atomic E-state index is 0.566. The van der Waals surface area contributed by atoms with Gasteiger partial charge in [0, 0.05) is 17.3 Å². The Morgan fingerprint density at radius 1 is 0.720 bits per heavy atom. The molecule has 0 fully saturated rings. The monoisotopic (exact) mass is 357 g/mol. The van der Waals surface area contributed by atoms with Gasteiger partial charge in [0.15, 0.2) is 11.5 Å². The van der Waals surface area contributed by atoms with Crippen molar-refractivity contribution in [2.75, 3.05) is 28.4 Å². The molecule has 0 aliphatic heterocycles. The number of methoxy groups -OCH3 is 4. The van der Waals surface area contributed by atoms with Crippen molar-refractivity contribution in [2.24, 2.45) is 0 Å². The van der Waals surface area contributed by atoms with Gasteiger partial charge in [0.25, 0.3) is 0 Å². The summed E-state index contributed by atoms with van der Waals surface area (Å²) in [6.45, 7) is 0. The van der Waals surface area contributed by atoms with Gasteiger partial charge in [-0.1, -0.05) is 12.1 Å². The van der Waals surface area contributed by atoms with Gasteiger partial charge in [-0.3, -0.25) is 0 Å². The van der Waals surface area contributed by atoms with Crippen molar-refractivity contribution in [3.8, 4) is 44.6 Å². The zero-order valence-corrected chi connectivity index (χ0v) is 15.3. The number of hydrogen-bond acceptors (Lipinski definition) is 6. The Morgan fingerprint density at radius 2 is 1.44 bits per heavy atom. The van der Waals surface area contributed by atoms with Crippen LogP contribution in [0.2, 0.25) is 0 Å². The molecule has 25 heavy (non-hydrogen) atoms. The molecule has 0 unspecified atom stereocenters. The lowest BCUT2D eigenvalue weighted by atomic mass is 10.0. The predicted octanol–water partition coefficient (Wildman–Crippen LogP) is 4.51. The average Bonchev–Trinajstić information content (AvgIpc) is 3.16. The smallest absolute Gasteiger partial charge is 0.203 e. The Morgan fingerprint density at radius 3 is 2.04 bits per heavy atom. The fourth-order valence-electron chi connectivity index (χ4n) is 2.69. The highest BCUT2D eigenvalue weighted by molar-refractivity contribution is 7.10. The summed E-state index contributed by atoms with van der Waals surface area (Å²) in [5.41, 5.74) is 2.99. The van der Waals surface area contributed by atoms with E-state index in [2.05, 4.69) is 4.37 Å². The Hall–Kier alpha value is -2.73. The first-order chi connectivity index (χ1) is 12.2. The minimum absolute atomic E-state index is 0.566. The van der Waals surface area contributed by atoms with Crippen LogP contribution in [-0.2, 0) is 0 Å². The average molecular weight is 357 g/mol. The molecule has 0 radical (unpaired) electrons. The Kier molecular flexibility index (Phi) is 5.09. The number of ether oxygens (including phenoxy) is 4. The van der Waals surface area contributed by atoms with Crippen molar-refractivity contribution in [2.45, 2.75) is 0 Å². The van der Waals surface area contributed by atoms with Gasteiger partial charge in [0.2, 0.25) is 5.75 Å². The van der Waals surface area contributed by atoms with Crippen molar-refractivity contribution >= 4 is 11.5 Å². The normalized spacial score (nSPS) is 10.4. The molecule has 0 amide bonds. The second kappa shape index (κ2) is 7.44. The molecule has 3 rings (SSSR count). The van der Waals surface area contributed by atoms with Gasteiger partial charge >= 0.3 is 0 Å². The third kappa shape index (κ3) is 3.13. The highest BCUT2D eigenvalue weighted by atomic mass is 32.1. The van der Waals surface area contributed by atoms with Crippen LogP contribution in [0.1, 0.15) is 0 Å². The van der Waals surface area contributed by atoms with Crippen LogP contribution in [0.15, 0.2) is 42.6 Å². The molecule has 1 aromatic heterocycles. The summed E-state index contributed by atoms with van der Waals surface area (Å²) in [4.78, 5) is 1.00. The van der Waals surface area contributed by atoms with Gasteiger partial charge in [0.1, 0.15) is 5.75 Å². The summed E-state index contributed by atoms with van der Waals surface area (Å²) in [6, 6.07) is 11.7. The van der Waals surface area contributed by atoms with Crippen LogP contribution in [0.4, 0.5) is 0 Å². The number of nitrogens with zero attached hydrogens (tertiary/aromatic N) is 1. The van der Waals surface area contributed by atoms with Gasteiger partial charge in [-0.05, 0) is 41.4 Å². The largest absolute Gasteiger partial charge is 0.497 e. The van der Waals surface area contributed by atoms with Crippen LogP contribution in [0.5, 0.6) is 23.0 Å². The molecule has 5 nitrogen and oxygen atoms in total. The first-order valence-electron chi connectivity index (χ1n) is 7.62. The molecule has 0 N–H and O–H groups in total. The molecule has 0 saturated heterocycles. The maximum Gasteiger partial charge on any atom is 0.203 e. The highest BCUT2D eigenvalue weighted by Crippen LogP contribution is 2.47. The summed E-state index contributed by atoms with van der Waals surface area (Å²) in [7, 11) is 6.48. The number of aromatic nitrogens is 1. The van der Waals surface area contributed by atoms with E-state index in [-0.39, 0.29) is 0 Å². The van der Waals surface area contributed by atoms with Gasteiger partial charge in [0.05, 0.1) is 33.3 Å². The van der Waals surface area contributed by atoms with Gasteiger partial charge < -0.3 is 18.9 Å². The number of rotatable bonds is 6. The lowest BCUT2D eigenvalue weighted by Gasteiger charge is -2.15. The van der Waals surface area contributed by atoms with E-state index in [1.54, 1.807) is 28.4 Å². The summed E-state index contributed by atoms with van der Waals surface area (Å²) in [5.74, 6) is 2.63. The van der Waals surface area contributed by atoms with E-state index in [9.17, 15) is 0 Å². The quantitative estimate of drug-likeness (QED) is 0.649. The first kappa shape index (κ1) is 17.1. The third-order valence-electron chi connectivity index (χ3n) is 3.92. The van der Waals surface area contributed by atoms with E-state index in [1.165, 1.54) is 11.5 Å². The summed E-state index contributed by atoms with van der Waals surface area (Å²) < 4.78 is 26.1. The Balaban J connectivity index is 2.13. The van der Waals surface area contributed by atoms with Crippen molar-refractivity contribution in [1.29, 1.82) is 0 Å². The summed E-state index contributed by atoms with van der Waals surface area (Å²) >= 11 is 1.41. The first-order valence-corrected chi connectivity index (χ1v) is 8.39. The maximum absolute atomic E-state index is 5.61. The van der Waals surface area contributed by atoms with Gasteiger partial charge in [-0.15, -0.1) is 0 Å². The molecule has 0 spiro atoms. The van der Waals surface area contributed by atoms with Crippen molar-refractivity contribution in [1.82, 2.24) is 4.37 Å². The lowest BCUT2D eigenvalue weighted by Crippen LogP contribution is -1.96. The predicted molar refractivity (Wildman–Crippen MR) is 99.2 cm³/mol. The van der Waals surface area contributed by atoms with Crippen molar-refractivity contribution < 1.29 is 18.9 Å². The van der Waals surface area contributed by atoms with E-state index in [1.807, 2.05) is 42.6 Å². The second-order valence-electron chi connectivity index (χ2n) is 5.18. The number of benzene rings is 2. The summed E-state index contributed by atoms with van der Waals surface area (Å²) in [5, 5.41) is 0. The molecular formula is C19H19NO4S. The van der Waals surface area contributed by atoms with Crippen molar-refractivity contribution in [3.63, 3.8) is 0 Å². The van der Waals surface area contributed by atoms with E-state index in [0.717, 1.165) is 27.3 Å². The molecule has 0 aliphatic rings. The molecule has 130 valence electrons. The van der Waals surface area contributed by atoms with Crippen LogP contribution in [-0.4, -0.2) is 32.8 Å². The van der Waals surface area contributed by atoms with Crippen LogP contribution in [0.3, 0.4) is 0 Å². The van der Waals surface area contributed by atoms with Gasteiger partial charge in [-0.25, -0.2) is 0 Å². The van der Waals surface area contributed by atoms with E-state index < -0.39 is 0 Å². The van der Waals surface area contributed by atoms with E-state index >= 15 is 0 Å². The van der Waals surface area contributed by atoms with Crippen LogP contribution >= 0.6 is 11.5 Å². The highest BCUT2D eigenvalue weighted by Gasteiger charge is 2.21. The standard InChI is InChI=1S/C19H19NO4S/c1-21-13-7-5-12(6-8-13)15-11-20-25-19(15)14-9-10-16(22-2)18(24-4)17(14)23-3/h5-11H,1-4H3. The van der Waals surface area contributed by atoms with Gasteiger partial charge in [-0.2, -0.15) is 4.37 Å². The maximum atomic E-state index is 5.61. The molecule has 1 heterocycles. The van der Waals surface area contributed by atoms with Crippen LogP contribution < -0.4 is 18.9 Å². The molecule has 0 aliphatic carbocycles. The Bertz CT molecular complexity index is 858. The fourth-order valence-corrected chi connectivity index (χ4v) is 3.48. The fraction of sp³-hybridized carbons (Fsp3) is 0.211. The lowest BCUT2D eigenvalue weighted by molar-refractivity contribution is 0.325. The Labute approximate surface area is 150 Å². The molecule has 2 aromatic carbocycles. The number of hydrogen-bond donors (Lipinski definition) is 0. The molecule has 0 saturated carbocycles. The SMILES string of the molecule is COc1ccc(-c2cnsc2-c2ccc(OC)c(OC)c2OC)cc1. The zero-order valence-electron chi connectivity index (χ0n) is 14.5. The molecule has 0 bridgehead atoms. The second-order valence-corrected chi connectivity index (χ2v) is 5.98. The molecule has 3 aromatic rings.